The number of halogens is 1. The summed E-state index contributed by atoms with van der Waals surface area (Å²) in [5.74, 6) is 0.613. The Bertz CT molecular complexity index is 1180. The number of aromatic nitrogens is 2. The van der Waals surface area contributed by atoms with Crippen LogP contribution in [0.15, 0.2) is 47.2 Å². The lowest BCUT2D eigenvalue weighted by atomic mass is 10.2. The van der Waals surface area contributed by atoms with Gasteiger partial charge >= 0.3 is 5.69 Å². The summed E-state index contributed by atoms with van der Waals surface area (Å²) in [6.45, 7) is 12.8. The van der Waals surface area contributed by atoms with Crippen LogP contribution in [0, 0.1) is 10.1 Å². The zero-order valence-corrected chi connectivity index (χ0v) is 23.0. The monoisotopic (exact) mass is 546 g/mol. The first-order valence-corrected chi connectivity index (χ1v) is 14.9. The summed E-state index contributed by atoms with van der Waals surface area (Å²) in [6.07, 6.45) is 2.29. The Labute approximate surface area is 209 Å². The van der Waals surface area contributed by atoms with Crippen LogP contribution in [0.3, 0.4) is 0 Å². The lowest BCUT2D eigenvalue weighted by molar-refractivity contribution is -0.386. The fraction of sp³-hybridized carbons (Fsp3) is 0.417. The molecule has 0 radical (unpaired) electrons. The molecule has 1 N–H and O–H groups in total. The molecular weight excluding hydrogens is 516 g/mol. The topological polar surface area (TPSA) is 99.4 Å². The van der Waals surface area contributed by atoms with Crippen molar-refractivity contribution in [1.82, 2.24) is 9.97 Å². The Hall–Kier alpha value is -2.56. The fourth-order valence-corrected chi connectivity index (χ4v) is 4.71. The van der Waals surface area contributed by atoms with Gasteiger partial charge in [-0.05, 0) is 36.3 Å². The van der Waals surface area contributed by atoms with E-state index in [9.17, 15) is 10.1 Å². The molecule has 0 fully saturated rings. The Morgan fingerprint density at radius 2 is 1.94 bits per heavy atom. The van der Waals surface area contributed by atoms with E-state index in [4.69, 9.17) is 9.16 Å². The smallest absolute Gasteiger partial charge is 0.311 e. The van der Waals surface area contributed by atoms with E-state index in [1.54, 1.807) is 6.07 Å². The third-order valence-corrected chi connectivity index (χ3v) is 11.0. The lowest BCUT2D eigenvalue weighted by Gasteiger charge is -2.39. The molecule has 34 heavy (non-hydrogen) atoms. The van der Waals surface area contributed by atoms with Gasteiger partial charge in [0.25, 0.3) is 0 Å². The number of ether oxygens (including phenoxy) is 1. The molecule has 0 aliphatic carbocycles. The predicted molar refractivity (Wildman–Crippen MR) is 141 cm³/mol. The first kappa shape index (κ1) is 26.0. The van der Waals surface area contributed by atoms with E-state index in [1.165, 1.54) is 12.4 Å². The van der Waals surface area contributed by atoms with Crippen molar-refractivity contribution in [2.45, 2.75) is 65.0 Å². The maximum atomic E-state index is 12.0. The van der Waals surface area contributed by atoms with Gasteiger partial charge in [-0.2, -0.15) is 0 Å². The van der Waals surface area contributed by atoms with Crippen LogP contribution in [0.5, 0.6) is 5.75 Å². The molecule has 0 saturated carbocycles. The molecule has 8 nitrogen and oxygen atoms in total. The van der Waals surface area contributed by atoms with Gasteiger partial charge in [0, 0.05) is 28.7 Å². The van der Waals surface area contributed by atoms with Crippen molar-refractivity contribution in [2.24, 2.45) is 0 Å². The van der Waals surface area contributed by atoms with Gasteiger partial charge in [-0.25, -0.2) is 9.97 Å². The van der Waals surface area contributed by atoms with Gasteiger partial charge in [0.2, 0.25) is 5.75 Å². The highest BCUT2D eigenvalue weighted by Crippen LogP contribution is 2.40. The van der Waals surface area contributed by atoms with Crippen LogP contribution in [0.25, 0.3) is 10.9 Å². The number of nitrogens with one attached hydrogen (secondary N) is 1. The molecule has 0 aliphatic heterocycles. The van der Waals surface area contributed by atoms with E-state index < -0.39 is 19.5 Å². The number of benzene rings is 2. The second-order valence-corrected chi connectivity index (χ2v) is 15.3. The van der Waals surface area contributed by atoms with E-state index in [2.05, 4.69) is 65.1 Å². The SMILES string of the molecule is CCCC(Oc1cc2ncnc(Nc3cccc(Br)c3)c2cc1[N+](=O)[O-])O[Si](C)(C)C(C)(C)C. The number of fused-ring (bicyclic) bond motifs is 1. The summed E-state index contributed by atoms with van der Waals surface area (Å²) in [6, 6.07) is 10.6. The van der Waals surface area contributed by atoms with Crippen molar-refractivity contribution in [3.05, 3.63) is 57.3 Å². The number of nitrogens with zero attached hydrogens (tertiary/aromatic N) is 3. The largest absolute Gasteiger partial charge is 0.459 e. The Morgan fingerprint density at radius 1 is 1.21 bits per heavy atom. The average Bonchev–Trinajstić information content (AvgIpc) is 2.72. The van der Waals surface area contributed by atoms with Crippen molar-refractivity contribution in [2.75, 3.05) is 5.32 Å². The summed E-state index contributed by atoms with van der Waals surface area (Å²) >= 11 is 3.45. The third kappa shape index (κ3) is 6.11. The molecule has 10 heteroatoms. The highest BCUT2D eigenvalue weighted by molar-refractivity contribution is 9.10. The molecule has 182 valence electrons. The minimum absolute atomic E-state index is 0.0160. The van der Waals surface area contributed by atoms with E-state index in [1.807, 2.05) is 31.2 Å². The zero-order valence-electron chi connectivity index (χ0n) is 20.4. The third-order valence-electron chi connectivity index (χ3n) is 6.02. The fourth-order valence-electron chi connectivity index (χ4n) is 3.14. The average molecular weight is 548 g/mol. The molecule has 1 unspecified atom stereocenters. The summed E-state index contributed by atoms with van der Waals surface area (Å²) in [7, 11) is -2.15. The van der Waals surface area contributed by atoms with Crippen LogP contribution < -0.4 is 10.1 Å². The van der Waals surface area contributed by atoms with E-state index in [0.717, 1.165) is 16.6 Å². The van der Waals surface area contributed by atoms with Crippen LogP contribution in [0.2, 0.25) is 18.1 Å². The van der Waals surface area contributed by atoms with Crippen LogP contribution >= 0.6 is 15.9 Å². The molecule has 0 saturated heterocycles. The van der Waals surface area contributed by atoms with Crippen molar-refractivity contribution in [3.8, 4) is 5.75 Å². The maximum absolute atomic E-state index is 12.0. The maximum Gasteiger partial charge on any atom is 0.311 e. The summed E-state index contributed by atoms with van der Waals surface area (Å²) in [5, 5.41) is 15.7. The molecule has 0 aliphatic rings. The molecule has 0 bridgehead atoms. The second kappa shape index (κ2) is 10.4. The Morgan fingerprint density at radius 3 is 2.56 bits per heavy atom. The minimum atomic E-state index is -2.15. The highest BCUT2D eigenvalue weighted by atomic mass is 79.9. The highest BCUT2D eigenvalue weighted by Gasteiger charge is 2.40. The lowest BCUT2D eigenvalue weighted by Crippen LogP contribution is -2.45. The quantitative estimate of drug-likeness (QED) is 0.128. The first-order chi connectivity index (χ1) is 15.9. The van der Waals surface area contributed by atoms with Gasteiger partial charge < -0.3 is 14.5 Å². The van der Waals surface area contributed by atoms with Crippen LogP contribution in [-0.2, 0) is 4.43 Å². The van der Waals surface area contributed by atoms with Gasteiger partial charge in [0.15, 0.2) is 14.6 Å². The summed E-state index contributed by atoms with van der Waals surface area (Å²) in [5.41, 5.74) is 1.18. The first-order valence-electron chi connectivity index (χ1n) is 11.2. The van der Waals surface area contributed by atoms with Gasteiger partial charge in [0.05, 0.1) is 15.8 Å². The molecule has 1 aromatic heterocycles. The summed E-state index contributed by atoms with van der Waals surface area (Å²) in [4.78, 5) is 20.2. The standard InChI is InChI=1S/C24H31BrN4O4Si/c1-7-9-22(33-34(5,6)24(2,3)4)32-21-14-19-18(13-20(21)29(30)31)23(27-15-26-19)28-17-11-8-10-16(25)12-17/h8,10-15,22H,7,9H2,1-6H3,(H,26,27,28). The van der Waals surface area contributed by atoms with Crippen LogP contribution in [-0.4, -0.2) is 29.5 Å². The van der Waals surface area contributed by atoms with Crippen LogP contribution in [0.1, 0.15) is 40.5 Å². The molecule has 0 spiro atoms. The van der Waals surface area contributed by atoms with Crippen molar-refractivity contribution in [1.29, 1.82) is 0 Å². The number of hydrogen-bond donors (Lipinski definition) is 1. The number of nitro benzene ring substituents is 1. The number of hydrogen-bond acceptors (Lipinski definition) is 7. The number of rotatable bonds is 9. The van der Waals surface area contributed by atoms with Crippen molar-refractivity contribution in [3.63, 3.8) is 0 Å². The van der Waals surface area contributed by atoms with E-state index >= 15 is 0 Å². The molecule has 1 atom stereocenters. The molecule has 0 amide bonds. The molecule has 3 rings (SSSR count). The zero-order chi connectivity index (χ0) is 25.1. The van der Waals surface area contributed by atoms with E-state index in [0.29, 0.717) is 23.1 Å². The Kier molecular flexibility index (Phi) is 7.94. The normalized spacial score (nSPS) is 13.0. The number of nitro groups is 1. The van der Waals surface area contributed by atoms with Crippen molar-refractivity contribution < 1.29 is 14.1 Å². The van der Waals surface area contributed by atoms with E-state index in [-0.39, 0.29) is 16.5 Å². The molecule has 1 heterocycles. The minimum Gasteiger partial charge on any atom is -0.459 e. The van der Waals surface area contributed by atoms with Gasteiger partial charge in [-0.1, -0.05) is 56.1 Å². The second-order valence-electron chi connectivity index (χ2n) is 9.67. The van der Waals surface area contributed by atoms with Gasteiger partial charge in [-0.3, -0.25) is 10.1 Å². The van der Waals surface area contributed by atoms with Crippen LogP contribution in [0.4, 0.5) is 17.2 Å². The Balaban J connectivity index is 2.00. The molecular formula is C24H31BrN4O4Si. The van der Waals surface area contributed by atoms with Crippen molar-refractivity contribution >= 4 is 52.3 Å². The van der Waals surface area contributed by atoms with Gasteiger partial charge in [0.1, 0.15) is 12.1 Å². The molecule has 2 aromatic carbocycles. The molecule has 3 aromatic rings. The summed E-state index contributed by atoms with van der Waals surface area (Å²) < 4.78 is 13.5. The predicted octanol–water partition coefficient (Wildman–Crippen LogP) is 7.57. The number of anilines is 2. The van der Waals surface area contributed by atoms with Gasteiger partial charge in [-0.15, -0.1) is 0 Å².